The average molecular weight is 461 g/mol. The zero-order valence-corrected chi connectivity index (χ0v) is 18.4. The molecule has 0 unspecified atom stereocenters. The summed E-state index contributed by atoms with van der Waals surface area (Å²) in [5.41, 5.74) is 3.58. The van der Waals surface area contributed by atoms with E-state index in [9.17, 15) is 5.11 Å². The van der Waals surface area contributed by atoms with E-state index in [4.69, 9.17) is 33.0 Å². The number of aromatic hydroxyl groups is 1. The van der Waals surface area contributed by atoms with E-state index in [-0.39, 0.29) is 11.8 Å². The summed E-state index contributed by atoms with van der Waals surface area (Å²) in [6, 6.07) is 25.2. The van der Waals surface area contributed by atoms with Gasteiger partial charge in [0.05, 0.1) is 17.3 Å². The summed E-state index contributed by atoms with van der Waals surface area (Å²) in [5, 5.41) is 21.0. The first-order valence-electron chi connectivity index (χ1n) is 10.4. The molecule has 2 aliphatic heterocycles. The molecule has 158 valence electrons. The highest BCUT2D eigenvalue weighted by molar-refractivity contribution is 6.31. The monoisotopic (exact) mass is 460 g/mol. The van der Waals surface area contributed by atoms with Gasteiger partial charge in [-0.2, -0.15) is 5.10 Å². The average Bonchev–Trinajstić information content (AvgIpc) is 3.26. The molecule has 4 aromatic carbocycles. The van der Waals surface area contributed by atoms with E-state index in [0.717, 1.165) is 22.6 Å². The van der Waals surface area contributed by atoms with Crippen molar-refractivity contribution < 1.29 is 9.84 Å². The molecule has 0 spiro atoms. The number of phenols is 1. The number of nitrogens with zero attached hydrogens (tertiary/aromatic N) is 2. The number of ether oxygens (including phenoxy) is 1. The van der Waals surface area contributed by atoms with Gasteiger partial charge in [-0.25, -0.2) is 5.01 Å². The fraction of sp³-hybridized carbons (Fsp3) is 0.115. The van der Waals surface area contributed by atoms with Gasteiger partial charge < -0.3 is 9.84 Å². The summed E-state index contributed by atoms with van der Waals surface area (Å²) in [7, 11) is 0. The third-order valence-corrected chi connectivity index (χ3v) is 6.56. The minimum atomic E-state index is -0.606. The van der Waals surface area contributed by atoms with Crippen LogP contribution in [0.15, 0.2) is 84.0 Å². The highest BCUT2D eigenvalue weighted by atomic mass is 35.5. The van der Waals surface area contributed by atoms with E-state index in [1.165, 1.54) is 10.8 Å². The number of phenolic OH excluding ortho intramolecular Hbond substituents is 1. The Morgan fingerprint density at radius 3 is 2.44 bits per heavy atom. The summed E-state index contributed by atoms with van der Waals surface area (Å²) in [6.45, 7) is 0. The summed E-state index contributed by atoms with van der Waals surface area (Å²) in [6.07, 6.45) is 0.0951. The van der Waals surface area contributed by atoms with Crippen molar-refractivity contribution in [2.45, 2.75) is 18.7 Å². The minimum absolute atomic E-state index is 0.0673. The first-order chi connectivity index (χ1) is 15.6. The zero-order chi connectivity index (χ0) is 21.8. The van der Waals surface area contributed by atoms with Crippen molar-refractivity contribution in [3.05, 3.63) is 106 Å². The Kier molecular flexibility index (Phi) is 4.53. The summed E-state index contributed by atoms with van der Waals surface area (Å²) in [5.74, 6) is 0.847. The van der Waals surface area contributed by atoms with E-state index in [1.807, 2.05) is 35.3 Å². The van der Waals surface area contributed by atoms with E-state index in [2.05, 4.69) is 30.3 Å². The normalized spacial score (nSPS) is 19.3. The first-order valence-corrected chi connectivity index (χ1v) is 11.1. The summed E-state index contributed by atoms with van der Waals surface area (Å²) >= 11 is 12.6. The molecule has 0 saturated carbocycles. The van der Waals surface area contributed by atoms with Gasteiger partial charge in [0, 0.05) is 22.0 Å². The van der Waals surface area contributed by atoms with Gasteiger partial charge in [0.25, 0.3) is 0 Å². The predicted molar refractivity (Wildman–Crippen MR) is 128 cm³/mol. The Bertz CT molecular complexity index is 1400. The number of rotatable bonds is 2. The lowest BCUT2D eigenvalue weighted by molar-refractivity contribution is -0.0203. The van der Waals surface area contributed by atoms with Crippen LogP contribution in [0.4, 0.5) is 0 Å². The first kappa shape index (κ1) is 19.5. The van der Waals surface area contributed by atoms with Gasteiger partial charge in [-0.1, -0.05) is 59.6 Å². The van der Waals surface area contributed by atoms with Gasteiger partial charge in [0.2, 0.25) is 6.23 Å². The Morgan fingerprint density at radius 2 is 1.59 bits per heavy atom. The standard InChI is InChI=1S/C26H18Cl2N2O2/c27-18-7-9-24(31)21(13-18)26-30-23(20-12-19(28)8-10-25(20)32-26)14-22(29-30)17-6-5-15-3-1-2-4-16(15)11-17/h1-13,23,26,31H,14H2/t23-,26-/m0/s1. The van der Waals surface area contributed by atoms with Gasteiger partial charge in [0.15, 0.2) is 0 Å². The number of halogens is 2. The van der Waals surface area contributed by atoms with Crippen LogP contribution in [0.2, 0.25) is 10.0 Å². The van der Waals surface area contributed by atoms with Gasteiger partial charge in [-0.15, -0.1) is 0 Å². The smallest absolute Gasteiger partial charge is 0.217 e. The number of hydrogen-bond acceptors (Lipinski definition) is 4. The molecule has 0 amide bonds. The number of hydrogen-bond donors (Lipinski definition) is 1. The van der Waals surface area contributed by atoms with Gasteiger partial charge in [-0.05, 0) is 58.8 Å². The Hall–Kier alpha value is -3.21. The lowest BCUT2D eigenvalue weighted by Gasteiger charge is -2.38. The number of hydrazone groups is 1. The Labute approximate surface area is 195 Å². The highest BCUT2D eigenvalue weighted by Gasteiger charge is 2.42. The van der Waals surface area contributed by atoms with Crippen LogP contribution >= 0.6 is 23.2 Å². The van der Waals surface area contributed by atoms with Gasteiger partial charge in [-0.3, -0.25) is 0 Å². The lowest BCUT2D eigenvalue weighted by Crippen LogP contribution is -2.33. The van der Waals surface area contributed by atoms with E-state index < -0.39 is 6.23 Å². The van der Waals surface area contributed by atoms with E-state index in [0.29, 0.717) is 22.0 Å². The molecule has 1 N–H and O–H groups in total. The van der Waals surface area contributed by atoms with Gasteiger partial charge in [0.1, 0.15) is 11.5 Å². The SMILES string of the molecule is Oc1ccc(Cl)cc1[C@@H]1Oc2ccc(Cl)cc2[C@@H]2CC(c3ccc4ccccc4c3)=NN21. The second-order valence-corrected chi connectivity index (χ2v) is 8.94. The third kappa shape index (κ3) is 3.19. The largest absolute Gasteiger partial charge is 0.507 e. The molecular weight excluding hydrogens is 443 g/mol. The zero-order valence-electron chi connectivity index (χ0n) is 16.9. The molecule has 4 aromatic rings. The van der Waals surface area contributed by atoms with Crippen LogP contribution in [-0.2, 0) is 0 Å². The van der Waals surface area contributed by atoms with Crippen molar-refractivity contribution in [2.75, 3.05) is 0 Å². The molecular formula is C26H18Cl2N2O2. The second kappa shape index (κ2) is 7.44. The summed E-state index contributed by atoms with van der Waals surface area (Å²) < 4.78 is 6.32. The molecule has 2 atom stereocenters. The number of fused-ring (bicyclic) bond motifs is 4. The van der Waals surface area contributed by atoms with Crippen LogP contribution in [0.1, 0.15) is 35.4 Å². The molecule has 0 saturated heterocycles. The van der Waals surface area contributed by atoms with Crippen molar-refractivity contribution in [3.8, 4) is 11.5 Å². The van der Waals surface area contributed by atoms with Crippen LogP contribution in [0.5, 0.6) is 11.5 Å². The van der Waals surface area contributed by atoms with E-state index in [1.54, 1.807) is 18.2 Å². The van der Waals surface area contributed by atoms with Crippen LogP contribution in [-0.4, -0.2) is 15.8 Å². The van der Waals surface area contributed by atoms with Crippen molar-refractivity contribution in [1.29, 1.82) is 0 Å². The molecule has 4 nitrogen and oxygen atoms in total. The summed E-state index contributed by atoms with van der Waals surface area (Å²) in [4.78, 5) is 0. The predicted octanol–water partition coefficient (Wildman–Crippen LogP) is 7.09. The third-order valence-electron chi connectivity index (χ3n) is 6.09. The van der Waals surface area contributed by atoms with Crippen molar-refractivity contribution in [3.63, 3.8) is 0 Å². The molecule has 0 aromatic heterocycles. The molecule has 0 bridgehead atoms. The van der Waals surface area contributed by atoms with Crippen LogP contribution in [0.25, 0.3) is 10.8 Å². The Balaban J connectivity index is 1.48. The van der Waals surface area contributed by atoms with Crippen molar-refractivity contribution >= 4 is 39.7 Å². The second-order valence-electron chi connectivity index (χ2n) is 8.06. The van der Waals surface area contributed by atoms with Crippen LogP contribution in [0.3, 0.4) is 0 Å². The van der Waals surface area contributed by atoms with Gasteiger partial charge >= 0.3 is 0 Å². The fourth-order valence-electron chi connectivity index (χ4n) is 4.53. The molecule has 6 heteroatoms. The molecule has 2 aliphatic rings. The maximum atomic E-state index is 10.6. The minimum Gasteiger partial charge on any atom is -0.507 e. The molecule has 0 aliphatic carbocycles. The molecule has 6 rings (SSSR count). The highest BCUT2D eigenvalue weighted by Crippen LogP contribution is 2.49. The quantitative estimate of drug-likeness (QED) is 0.347. The fourth-order valence-corrected chi connectivity index (χ4v) is 4.89. The maximum Gasteiger partial charge on any atom is 0.217 e. The number of benzene rings is 4. The maximum absolute atomic E-state index is 10.6. The van der Waals surface area contributed by atoms with E-state index >= 15 is 0 Å². The van der Waals surface area contributed by atoms with Crippen molar-refractivity contribution in [2.24, 2.45) is 5.10 Å². The molecule has 32 heavy (non-hydrogen) atoms. The van der Waals surface area contributed by atoms with Crippen LogP contribution in [0, 0.1) is 0 Å². The Morgan fingerprint density at radius 1 is 0.844 bits per heavy atom. The molecule has 2 heterocycles. The molecule has 0 fully saturated rings. The topological polar surface area (TPSA) is 45.1 Å². The lowest BCUT2D eigenvalue weighted by atomic mass is 9.95. The molecule has 0 radical (unpaired) electrons. The van der Waals surface area contributed by atoms with Crippen LogP contribution < -0.4 is 4.74 Å². The van der Waals surface area contributed by atoms with Crippen molar-refractivity contribution in [1.82, 2.24) is 5.01 Å².